The summed E-state index contributed by atoms with van der Waals surface area (Å²) in [5.41, 5.74) is 0. The van der Waals surface area contributed by atoms with Crippen molar-refractivity contribution in [2.45, 2.75) is 35.6 Å². The zero-order valence-electron chi connectivity index (χ0n) is 10.4. The fourth-order valence-electron chi connectivity index (χ4n) is 2.40. The summed E-state index contributed by atoms with van der Waals surface area (Å²) in [6.45, 7) is 0. The van der Waals surface area contributed by atoms with Crippen LogP contribution in [0.2, 0.25) is 4.34 Å². The maximum Gasteiger partial charge on any atom is 0.250 e. The molecule has 0 bridgehead atoms. The Morgan fingerprint density at radius 2 is 2.11 bits per heavy atom. The molecule has 4 nitrogen and oxygen atoms in total. The molecule has 1 saturated carbocycles. The molecule has 1 aromatic rings. The van der Waals surface area contributed by atoms with Crippen LogP contribution in [0.15, 0.2) is 16.3 Å². The Kier molecular flexibility index (Phi) is 4.33. The van der Waals surface area contributed by atoms with Gasteiger partial charge in [-0.3, -0.25) is 0 Å². The van der Waals surface area contributed by atoms with E-state index in [1.807, 2.05) is 14.1 Å². The smallest absolute Gasteiger partial charge is 0.250 e. The lowest BCUT2D eigenvalue weighted by molar-refractivity contribution is 0.268. The summed E-state index contributed by atoms with van der Waals surface area (Å²) in [6, 6.07) is 3.43. The van der Waals surface area contributed by atoms with Gasteiger partial charge in [0.25, 0.3) is 0 Å². The Labute approximate surface area is 117 Å². The highest BCUT2D eigenvalue weighted by Gasteiger charge is 2.32. The Morgan fingerprint density at radius 3 is 2.67 bits per heavy atom. The van der Waals surface area contributed by atoms with Gasteiger partial charge >= 0.3 is 0 Å². The van der Waals surface area contributed by atoms with Gasteiger partial charge in [0.15, 0.2) is 0 Å². The van der Waals surface area contributed by atoms with Gasteiger partial charge in [-0.05, 0) is 39.1 Å². The van der Waals surface area contributed by atoms with Crippen molar-refractivity contribution in [2.24, 2.45) is 0 Å². The highest BCUT2D eigenvalue weighted by molar-refractivity contribution is 7.91. The van der Waals surface area contributed by atoms with E-state index in [0.717, 1.165) is 30.6 Å². The maximum atomic E-state index is 12.2. The van der Waals surface area contributed by atoms with E-state index in [2.05, 4.69) is 9.62 Å². The van der Waals surface area contributed by atoms with Crippen molar-refractivity contribution in [2.75, 3.05) is 14.1 Å². The topological polar surface area (TPSA) is 49.4 Å². The fourth-order valence-corrected chi connectivity index (χ4v) is 5.20. The van der Waals surface area contributed by atoms with Gasteiger partial charge in [-0.2, -0.15) is 0 Å². The standard InChI is InChI=1S/C11H17ClN2O2S2/c1-14(2)9-5-3-4-8(9)13-18(15,16)11-7-6-10(12)17-11/h6-9,13H,3-5H2,1-2H3/t8-,9-/m1/s1. The van der Waals surface area contributed by atoms with Crippen molar-refractivity contribution in [3.63, 3.8) is 0 Å². The highest BCUT2D eigenvalue weighted by atomic mass is 35.5. The lowest BCUT2D eigenvalue weighted by atomic mass is 10.2. The first-order valence-corrected chi connectivity index (χ1v) is 8.52. The van der Waals surface area contributed by atoms with Crippen LogP contribution in [0.1, 0.15) is 19.3 Å². The van der Waals surface area contributed by atoms with E-state index in [9.17, 15) is 8.42 Å². The lowest BCUT2D eigenvalue weighted by Gasteiger charge is -2.26. The van der Waals surface area contributed by atoms with E-state index in [4.69, 9.17) is 11.6 Å². The van der Waals surface area contributed by atoms with E-state index in [-0.39, 0.29) is 16.3 Å². The third-order valence-corrected chi connectivity index (χ3v) is 6.48. The number of hydrogen-bond acceptors (Lipinski definition) is 4. The maximum absolute atomic E-state index is 12.2. The molecule has 2 rings (SSSR count). The van der Waals surface area contributed by atoms with Crippen molar-refractivity contribution < 1.29 is 8.42 Å². The molecular weight excluding hydrogens is 292 g/mol. The number of nitrogens with one attached hydrogen (secondary N) is 1. The quantitative estimate of drug-likeness (QED) is 0.927. The first-order chi connectivity index (χ1) is 8.40. The molecule has 102 valence electrons. The molecule has 1 fully saturated rings. The van der Waals surface area contributed by atoms with Crippen molar-refractivity contribution in [1.29, 1.82) is 0 Å². The molecule has 0 unspecified atom stereocenters. The minimum atomic E-state index is -3.43. The van der Waals surface area contributed by atoms with Crippen molar-refractivity contribution in [3.8, 4) is 0 Å². The number of nitrogens with zero attached hydrogens (tertiary/aromatic N) is 1. The van der Waals surface area contributed by atoms with Crippen LogP contribution in [-0.4, -0.2) is 39.5 Å². The summed E-state index contributed by atoms with van der Waals surface area (Å²) in [5, 5.41) is 0. The molecule has 18 heavy (non-hydrogen) atoms. The van der Waals surface area contributed by atoms with Crippen molar-refractivity contribution in [3.05, 3.63) is 16.5 Å². The second-order valence-corrected chi connectivity index (χ2v) is 8.40. The number of thiophene rings is 1. The summed E-state index contributed by atoms with van der Waals surface area (Å²) < 4.78 is 28.0. The van der Waals surface area contributed by atoms with Crippen molar-refractivity contribution >= 4 is 33.0 Å². The van der Waals surface area contributed by atoms with E-state index in [1.165, 1.54) is 0 Å². The molecule has 0 spiro atoms. The Hall–Kier alpha value is -0.140. The van der Waals surface area contributed by atoms with Crippen LogP contribution in [0, 0.1) is 0 Å². The van der Waals surface area contributed by atoms with Gasteiger partial charge in [-0.15, -0.1) is 11.3 Å². The van der Waals surface area contributed by atoms with Crippen LogP contribution >= 0.6 is 22.9 Å². The molecule has 2 atom stereocenters. The van der Waals surface area contributed by atoms with Gasteiger partial charge in [0.1, 0.15) is 4.21 Å². The van der Waals surface area contributed by atoms with Crippen LogP contribution in [-0.2, 0) is 10.0 Å². The summed E-state index contributed by atoms with van der Waals surface area (Å²) in [7, 11) is 0.539. The first kappa shape index (κ1) is 14.3. The van der Waals surface area contributed by atoms with Gasteiger partial charge < -0.3 is 4.90 Å². The molecule has 1 aromatic heterocycles. The molecule has 1 N–H and O–H groups in total. The molecule has 1 aliphatic carbocycles. The van der Waals surface area contributed by atoms with Gasteiger partial charge in [0.05, 0.1) is 4.34 Å². The molecule has 0 saturated heterocycles. The molecule has 0 aromatic carbocycles. The van der Waals surface area contributed by atoms with Crippen LogP contribution in [0.3, 0.4) is 0 Å². The number of hydrogen-bond donors (Lipinski definition) is 1. The normalized spacial score (nSPS) is 24.9. The Morgan fingerprint density at radius 1 is 1.39 bits per heavy atom. The van der Waals surface area contributed by atoms with E-state index in [0.29, 0.717) is 4.34 Å². The summed E-state index contributed by atoms with van der Waals surface area (Å²) in [6.07, 6.45) is 2.98. The summed E-state index contributed by atoms with van der Waals surface area (Å²) in [5.74, 6) is 0. The second kappa shape index (κ2) is 5.46. The molecular formula is C11H17ClN2O2S2. The zero-order chi connectivity index (χ0) is 13.3. The third-order valence-electron chi connectivity index (χ3n) is 3.26. The second-order valence-electron chi connectivity index (χ2n) is 4.75. The van der Waals surface area contributed by atoms with Crippen LogP contribution < -0.4 is 4.72 Å². The molecule has 0 aliphatic heterocycles. The van der Waals surface area contributed by atoms with E-state index >= 15 is 0 Å². The number of halogens is 1. The third kappa shape index (κ3) is 3.05. The highest BCUT2D eigenvalue weighted by Crippen LogP contribution is 2.28. The van der Waals surface area contributed by atoms with Gasteiger partial charge in [-0.25, -0.2) is 13.1 Å². The van der Waals surface area contributed by atoms with Crippen LogP contribution in [0.25, 0.3) is 0 Å². The van der Waals surface area contributed by atoms with Crippen molar-refractivity contribution in [1.82, 2.24) is 9.62 Å². The zero-order valence-corrected chi connectivity index (χ0v) is 12.8. The minimum absolute atomic E-state index is 0.00845. The number of likely N-dealkylation sites (N-methyl/N-ethyl adjacent to an activating group) is 1. The van der Waals surface area contributed by atoms with Gasteiger partial charge in [0.2, 0.25) is 10.0 Å². The first-order valence-electron chi connectivity index (χ1n) is 5.84. The van der Waals surface area contributed by atoms with Gasteiger partial charge in [-0.1, -0.05) is 18.0 Å². The molecule has 1 aliphatic rings. The Bertz CT molecular complexity index is 513. The lowest BCUT2D eigenvalue weighted by Crippen LogP contribution is -2.45. The molecule has 0 amide bonds. The Balaban J connectivity index is 2.13. The monoisotopic (exact) mass is 308 g/mol. The molecule has 0 radical (unpaired) electrons. The molecule has 7 heteroatoms. The molecule has 1 heterocycles. The predicted molar refractivity (Wildman–Crippen MR) is 74.8 cm³/mol. The van der Waals surface area contributed by atoms with Crippen LogP contribution in [0.4, 0.5) is 0 Å². The summed E-state index contributed by atoms with van der Waals surface area (Å²) >= 11 is 6.87. The average molecular weight is 309 g/mol. The fraction of sp³-hybridized carbons (Fsp3) is 0.636. The predicted octanol–water partition coefficient (Wildman–Crippen LogP) is 2.16. The largest absolute Gasteiger partial charge is 0.305 e. The number of sulfonamides is 1. The average Bonchev–Trinajstić information content (AvgIpc) is 2.86. The minimum Gasteiger partial charge on any atom is -0.305 e. The summed E-state index contributed by atoms with van der Waals surface area (Å²) in [4.78, 5) is 2.08. The van der Waals surface area contributed by atoms with Crippen LogP contribution in [0.5, 0.6) is 0 Å². The van der Waals surface area contributed by atoms with E-state index in [1.54, 1.807) is 12.1 Å². The van der Waals surface area contributed by atoms with E-state index < -0.39 is 10.0 Å². The SMILES string of the molecule is CN(C)[C@@H]1CCC[C@H]1NS(=O)(=O)c1ccc(Cl)s1. The number of rotatable bonds is 4. The van der Waals surface area contributed by atoms with Gasteiger partial charge in [0, 0.05) is 12.1 Å².